The molecule has 1 aliphatic heterocycles. The van der Waals surface area contributed by atoms with Gasteiger partial charge in [-0.3, -0.25) is 0 Å². The van der Waals surface area contributed by atoms with E-state index in [2.05, 4.69) is 14.9 Å². The van der Waals surface area contributed by atoms with E-state index in [0.717, 1.165) is 29.6 Å². The molecule has 1 fully saturated rings. The largest absolute Gasteiger partial charge is 0.451 e. The van der Waals surface area contributed by atoms with Crippen molar-refractivity contribution in [2.24, 2.45) is 0 Å². The molecule has 2 aromatic heterocycles. The number of nitrogens with zero attached hydrogens (tertiary/aromatic N) is 3. The first kappa shape index (κ1) is 8.91. The fourth-order valence-corrected chi connectivity index (χ4v) is 2.65. The predicted octanol–water partition coefficient (Wildman–Crippen LogP) is 2.40. The second-order valence-electron chi connectivity index (χ2n) is 3.58. The molecule has 15 heavy (non-hydrogen) atoms. The van der Waals surface area contributed by atoms with Crippen molar-refractivity contribution in [3.8, 4) is 11.4 Å². The van der Waals surface area contributed by atoms with Gasteiger partial charge in [0.2, 0.25) is 0 Å². The van der Waals surface area contributed by atoms with Gasteiger partial charge in [-0.1, -0.05) is 0 Å². The van der Waals surface area contributed by atoms with Gasteiger partial charge in [-0.2, -0.15) is 0 Å². The molecule has 3 heterocycles. The van der Waals surface area contributed by atoms with Crippen molar-refractivity contribution >= 4 is 16.5 Å². The van der Waals surface area contributed by atoms with E-state index >= 15 is 0 Å². The minimum atomic E-state index is 0.816. The molecule has 0 atom stereocenters. The zero-order valence-corrected chi connectivity index (χ0v) is 9.04. The molecule has 78 valence electrons. The van der Waals surface area contributed by atoms with Crippen molar-refractivity contribution in [3.63, 3.8) is 0 Å². The number of rotatable bonds is 2. The third-order valence-corrected chi connectivity index (χ3v) is 3.46. The smallest absolute Gasteiger partial charge is 0.185 e. The minimum Gasteiger partial charge on any atom is -0.451 e. The van der Waals surface area contributed by atoms with Gasteiger partial charge < -0.3 is 9.32 Å². The Morgan fingerprint density at radius 1 is 1.27 bits per heavy atom. The number of anilines is 1. The second kappa shape index (κ2) is 3.66. The highest BCUT2D eigenvalue weighted by atomic mass is 32.1. The van der Waals surface area contributed by atoms with E-state index in [4.69, 9.17) is 4.42 Å². The lowest BCUT2D eigenvalue weighted by Crippen LogP contribution is -2.17. The number of thiazole rings is 1. The van der Waals surface area contributed by atoms with Crippen molar-refractivity contribution in [1.82, 2.24) is 9.97 Å². The standard InChI is InChI=1S/C10H11N3OS/c1-2-4-13(3-1)10-12-9(6-15-10)8-5-14-7-11-8/h5-7H,1-4H2. The Kier molecular flexibility index (Phi) is 2.17. The Balaban J connectivity index is 1.87. The van der Waals surface area contributed by atoms with Crippen molar-refractivity contribution in [2.75, 3.05) is 18.0 Å². The Morgan fingerprint density at radius 2 is 2.13 bits per heavy atom. The molecule has 5 heteroatoms. The van der Waals surface area contributed by atoms with Crippen LogP contribution in [0.5, 0.6) is 0 Å². The third-order valence-electron chi connectivity index (χ3n) is 2.56. The SMILES string of the molecule is c1nc(-c2csc(N3CCCC3)n2)co1. The summed E-state index contributed by atoms with van der Waals surface area (Å²) in [4.78, 5) is 11.0. The molecule has 1 aliphatic rings. The van der Waals surface area contributed by atoms with Gasteiger partial charge in [0.15, 0.2) is 11.5 Å². The molecule has 0 aliphatic carbocycles. The summed E-state index contributed by atoms with van der Waals surface area (Å²) in [5, 5.41) is 3.14. The molecule has 0 saturated carbocycles. The number of oxazole rings is 1. The van der Waals surface area contributed by atoms with E-state index in [1.54, 1.807) is 17.6 Å². The van der Waals surface area contributed by atoms with Crippen LogP contribution >= 0.6 is 11.3 Å². The topological polar surface area (TPSA) is 42.2 Å². The van der Waals surface area contributed by atoms with Gasteiger partial charge in [0, 0.05) is 18.5 Å². The normalized spacial score (nSPS) is 16.1. The Bertz CT molecular complexity index is 431. The van der Waals surface area contributed by atoms with Crippen molar-refractivity contribution in [2.45, 2.75) is 12.8 Å². The van der Waals surface area contributed by atoms with Crippen LogP contribution < -0.4 is 4.90 Å². The molecule has 0 bridgehead atoms. The Hall–Kier alpha value is -1.36. The summed E-state index contributed by atoms with van der Waals surface area (Å²) >= 11 is 1.68. The van der Waals surface area contributed by atoms with Crippen molar-refractivity contribution in [3.05, 3.63) is 18.0 Å². The summed E-state index contributed by atoms with van der Waals surface area (Å²) in [5.41, 5.74) is 1.73. The summed E-state index contributed by atoms with van der Waals surface area (Å²) in [6.45, 7) is 2.26. The lowest BCUT2D eigenvalue weighted by atomic mass is 10.4. The van der Waals surface area contributed by atoms with Gasteiger partial charge in [-0.05, 0) is 12.8 Å². The molecule has 4 nitrogen and oxygen atoms in total. The predicted molar refractivity (Wildman–Crippen MR) is 59.1 cm³/mol. The van der Waals surface area contributed by atoms with Gasteiger partial charge in [-0.15, -0.1) is 11.3 Å². The molecular weight excluding hydrogens is 210 g/mol. The first-order valence-electron chi connectivity index (χ1n) is 5.02. The first-order chi connectivity index (χ1) is 7.43. The first-order valence-corrected chi connectivity index (χ1v) is 5.90. The van der Waals surface area contributed by atoms with E-state index in [1.807, 2.05) is 5.38 Å². The summed E-state index contributed by atoms with van der Waals surface area (Å²) in [6, 6.07) is 0. The van der Waals surface area contributed by atoms with Crippen LogP contribution in [0, 0.1) is 0 Å². The Labute approximate surface area is 91.6 Å². The van der Waals surface area contributed by atoms with Gasteiger partial charge in [0.05, 0.1) is 0 Å². The highest BCUT2D eigenvalue weighted by Gasteiger charge is 2.16. The minimum absolute atomic E-state index is 0.816. The zero-order chi connectivity index (χ0) is 10.1. The van der Waals surface area contributed by atoms with Crippen LogP contribution in [0.1, 0.15) is 12.8 Å². The molecule has 1 saturated heterocycles. The number of aromatic nitrogens is 2. The van der Waals surface area contributed by atoms with Crippen LogP contribution in [0.3, 0.4) is 0 Å². The van der Waals surface area contributed by atoms with E-state index in [0.29, 0.717) is 0 Å². The zero-order valence-electron chi connectivity index (χ0n) is 8.22. The van der Waals surface area contributed by atoms with Crippen molar-refractivity contribution < 1.29 is 4.42 Å². The summed E-state index contributed by atoms with van der Waals surface area (Å²) in [6.07, 6.45) is 5.62. The molecule has 0 spiro atoms. The average molecular weight is 221 g/mol. The molecule has 0 unspecified atom stereocenters. The fourth-order valence-electron chi connectivity index (χ4n) is 1.77. The van der Waals surface area contributed by atoms with Gasteiger partial charge in [0.25, 0.3) is 0 Å². The molecule has 2 aromatic rings. The summed E-state index contributed by atoms with van der Waals surface area (Å²) in [7, 11) is 0. The highest BCUT2D eigenvalue weighted by Crippen LogP contribution is 2.28. The maximum atomic E-state index is 4.94. The van der Waals surface area contributed by atoms with Gasteiger partial charge in [-0.25, -0.2) is 9.97 Å². The highest BCUT2D eigenvalue weighted by molar-refractivity contribution is 7.14. The molecule has 0 aromatic carbocycles. The molecule has 3 rings (SSSR count). The fraction of sp³-hybridized carbons (Fsp3) is 0.400. The quantitative estimate of drug-likeness (QED) is 0.781. The Morgan fingerprint density at radius 3 is 2.87 bits per heavy atom. The third kappa shape index (κ3) is 1.63. The van der Waals surface area contributed by atoms with Gasteiger partial charge in [0.1, 0.15) is 17.7 Å². The molecular formula is C10H11N3OS. The van der Waals surface area contributed by atoms with E-state index < -0.39 is 0 Å². The van der Waals surface area contributed by atoms with Crippen LogP contribution in [0.25, 0.3) is 11.4 Å². The summed E-state index contributed by atoms with van der Waals surface area (Å²) < 4.78 is 4.94. The van der Waals surface area contributed by atoms with Crippen LogP contribution in [-0.2, 0) is 0 Å². The van der Waals surface area contributed by atoms with Crippen LogP contribution in [0.2, 0.25) is 0 Å². The lowest BCUT2D eigenvalue weighted by molar-refractivity contribution is 0.558. The average Bonchev–Trinajstić information content (AvgIpc) is 3.02. The van der Waals surface area contributed by atoms with Crippen LogP contribution in [-0.4, -0.2) is 23.1 Å². The number of hydrogen-bond acceptors (Lipinski definition) is 5. The van der Waals surface area contributed by atoms with E-state index in [-0.39, 0.29) is 0 Å². The maximum absolute atomic E-state index is 4.94. The second-order valence-corrected chi connectivity index (χ2v) is 4.42. The molecule has 0 N–H and O–H groups in total. The molecule has 0 radical (unpaired) electrons. The molecule has 0 amide bonds. The van der Waals surface area contributed by atoms with Crippen LogP contribution in [0.4, 0.5) is 5.13 Å². The van der Waals surface area contributed by atoms with Crippen molar-refractivity contribution in [1.29, 1.82) is 0 Å². The van der Waals surface area contributed by atoms with Gasteiger partial charge >= 0.3 is 0 Å². The van der Waals surface area contributed by atoms with Crippen LogP contribution in [0.15, 0.2) is 22.5 Å². The maximum Gasteiger partial charge on any atom is 0.185 e. The van der Waals surface area contributed by atoms with E-state index in [1.165, 1.54) is 19.2 Å². The summed E-state index contributed by atoms with van der Waals surface area (Å²) in [5.74, 6) is 0. The monoisotopic (exact) mass is 221 g/mol. The van der Waals surface area contributed by atoms with E-state index in [9.17, 15) is 0 Å². The lowest BCUT2D eigenvalue weighted by Gasteiger charge is -2.11. The number of hydrogen-bond donors (Lipinski definition) is 0.